The Morgan fingerprint density at radius 1 is 1.09 bits per heavy atom. The number of fused-ring (bicyclic) bond motifs is 1. The number of nitrogens with zero attached hydrogens (tertiary/aromatic N) is 1. The van der Waals surface area contributed by atoms with E-state index in [9.17, 15) is 0 Å². The molecular formula is C19H20ClNO. The van der Waals surface area contributed by atoms with E-state index in [-0.39, 0.29) is 0 Å². The zero-order chi connectivity index (χ0) is 15.7. The van der Waals surface area contributed by atoms with Crippen molar-refractivity contribution in [1.82, 2.24) is 4.57 Å². The van der Waals surface area contributed by atoms with Crippen molar-refractivity contribution in [2.45, 2.75) is 33.4 Å². The molecular weight excluding hydrogens is 294 g/mol. The third-order valence-electron chi connectivity index (χ3n) is 3.90. The van der Waals surface area contributed by atoms with Gasteiger partial charge in [-0.2, -0.15) is 0 Å². The fourth-order valence-corrected chi connectivity index (χ4v) is 2.99. The summed E-state index contributed by atoms with van der Waals surface area (Å²) in [6.45, 7) is 7.10. The molecule has 114 valence electrons. The van der Waals surface area contributed by atoms with Crippen molar-refractivity contribution in [1.29, 1.82) is 0 Å². The lowest BCUT2D eigenvalue weighted by atomic mass is 10.1. The zero-order valence-electron chi connectivity index (χ0n) is 13.1. The molecule has 0 atom stereocenters. The van der Waals surface area contributed by atoms with Gasteiger partial charge in [0.2, 0.25) is 0 Å². The van der Waals surface area contributed by atoms with E-state index in [2.05, 4.69) is 49.6 Å². The van der Waals surface area contributed by atoms with Crippen LogP contribution < -0.4 is 4.74 Å². The highest BCUT2D eigenvalue weighted by Gasteiger charge is 2.13. The van der Waals surface area contributed by atoms with Crippen molar-refractivity contribution in [3.63, 3.8) is 0 Å². The first-order valence-corrected chi connectivity index (χ1v) is 7.92. The standard InChI is InChI=1S/C19H20ClNO/c1-13(2)21-16(11-18-14(3)5-4-6-19(18)21)12-22-17-9-7-15(20)8-10-17/h4-11,13H,12H2,1-3H3. The van der Waals surface area contributed by atoms with Crippen molar-refractivity contribution in [3.05, 3.63) is 64.8 Å². The number of hydrogen-bond acceptors (Lipinski definition) is 1. The topological polar surface area (TPSA) is 14.2 Å². The molecule has 2 nitrogen and oxygen atoms in total. The quantitative estimate of drug-likeness (QED) is 0.597. The van der Waals surface area contributed by atoms with Gasteiger partial charge < -0.3 is 9.30 Å². The molecule has 3 aromatic rings. The molecule has 0 saturated heterocycles. The van der Waals surface area contributed by atoms with Crippen LogP contribution in [0.3, 0.4) is 0 Å². The van der Waals surface area contributed by atoms with Crippen LogP contribution in [0, 0.1) is 6.92 Å². The molecule has 22 heavy (non-hydrogen) atoms. The molecule has 3 heteroatoms. The summed E-state index contributed by atoms with van der Waals surface area (Å²) < 4.78 is 8.27. The highest BCUT2D eigenvalue weighted by molar-refractivity contribution is 6.30. The van der Waals surface area contributed by atoms with Crippen LogP contribution >= 0.6 is 11.6 Å². The normalized spacial score (nSPS) is 11.3. The van der Waals surface area contributed by atoms with Crippen LogP contribution in [0.1, 0.15) is 31.1 Å². The van der Waals surface area contributed by atoms with E-state index >= 15 is 0 Å². The summed E-state index contributed by atoms with van der Waals surface area (Å²) in [5.41, 5.74) is 3.75. The second kappa shape index (κ2) is 6.05. The first kappa shape index (κ1) is 15.0. The van der Waals surface area contributed by atoms with Crippen LogP contribution in [0.2, 0.25) is 5.02 Å². The van der Waals surface area contributed by atoms with E-state index in [0.29, 0.717) is 12.6 Å². The van der Waals surface area contributed by atoms with Crippen LogP contribution in [-0.2, 0) is 6.61 Å². The van der Waals surface area contributed by atoms with Crippen molar-refractivity contribution >= 4 is 22.5 Å². The van der Waals surface area contributed by atoms with Gasteiger partial charge in [-0.1, -0.05) is 23.7 Å². The Morgan fingerprint density at radius 2 is 1.82 bits per heavy atom. The fourth-order valence-electron chi connectivity index (χ4n) is 2.86. The lowest BCUT2D eigenvalue weighted by molar-refractivity contribution is 0.293. The molecule has 0 saturated carbocycles. The molecule has 0 amide bonds. The van der Waals surface area contributed by atoms with Gasteiger partial charge in [-0.3, -0.25) is 0 Å². The predicted molar refractivity (Wildman–Crippen MR) is 92.8 cm³/mol. The maximum Gasteiger partial charge on any atom is 0.128 e. The molecule has 0 aliphatic heterocycles. The number of aryl methyl sites for hydroxylation is 1. The third kappa shape index (κ3) is 2.84. The summed E-state index contributed by atoms with van der Waals surface area (Å²) in [6.07, 6.45) is 0. The minimum atomic E-state index is 0.392. The van der Waals surface area contributed by atoms with Crippen molar-refractivity contribution in [3.8, 4) is 5.75 Å². The molecule has 0 fully saturated rings. The highest BCUT2D eigenvalue weighted by Crippen LogP contribution is 2.27. The summed E-state index contributed by atoms with van der Waals surface area (Å²) in [6, 6.07) is 16.6. The maximum absolute atomic E-state index is 5.93. The van der Waals surface area contributed by atoms with Gasteiger partial charge in [0, 0.05) is 22.0 Å². The van der Waals surface area contributed by atoms with E-state index in [0.717, 1.165) is 10.8 Å². The van der Waals surface area contributed by atoms with Gasteiger partial charge in [-0.05, 0) is 62.7 Å². The number of benzene rings is 2. The van der Waals surface area contributed by atoms with Crippen LogP contribution in [0.15, 0.2) is 48.5 Å². The Balaban J connectivity index is 1.94. The van der Waals surface area contributed by atoms with Crippen LogP contribution in [0.25, 0.3) is 10.9 Å². The van der Waals surface area contributed by atoms with Gasteiger partial charge in [-0.25, -0.2) is 0 Å². The lowest BCUT2D eigenvalue weighted by Gasteiger charge is -2.15. The average Bonchev–Trinajstić information content (AvgIpc) is 2.87. The Labute approximate surface area is 136 Å². The first-order chi connectivity index (χ1) is 10.6. The van der Waals surface area contributed by atoms with Crippen LogP contribution in [0.4, 0.5) is 0 Å². The van der Waals surface area contributed by atoms with Gasteiger partial charge >= 0.3 is 0 Å². The Hall–Kier alpha value is -1.93. The number of halogens is 1. The van der Waals surface area contributed by atoms with E-state index in [1.807, 2.05) is 24.3 Å². The highest BCUT2D eigenvalue weighted by atomic mass is 35.5. The molecule has 0 spiro atoms. The molecule has 3 rings (SSSR count). The smallest absolute Gasteiger partial charge is 0.128 e. The predicted octanol–water partition coefficient (Wildman–Crippen LogP) is 5.76. The average molecular weight is 314 g/mol. The molecule has 0 unspecified atom stereocenters. The Kier molecular flexibility index (Phi) is 4.12. The van der Waals surface area contributed by atoms with Crippen molar-refractivity contribution in [2.75, 3.05) is 0 Å². The Bertz CT molecular complexity index is 787. The maximum atomic E-state index is 5.93. The largest absolute Gasteiger partial charge is 0.487 e. The second-order valence-electron chi connectivity index (χ2n) is 5.85. The zero-order valence-corrected chi connectivity index (χ0v) is 13.9. The van der Waals surface area contributed by atoms with Gasteiger partial charge in [-0.15, -0.1) is 0 Å². The summed E-state index contributed by atoms with van der Waals surface area (Å²) in [4.78, 5) is 0. The van der Waals surface area contributed by atoms with E-state index in [1.54, 1.807) is 0 Å². The number of aromatic nitrogens is 1. The number of ether oxygens (including phenoxy) is 1. The van der Waals surface area contributed by atoms with Gasteiger partial charge in [0.1, 0.15) is 12.4 Å². The summed E-state index contributed by atoms with van der Waals surface area (Å²) >= 11 is 5.91. The molecule has 1 aromatic heterocycles. The van der Waals surface area contributed by atoms with E-state index in [1.165, 1.54) is 22.2 Å². The van der Waals surface area contributed by atoms with Crippen LogP contribution in [0.5, 0.6) is 5.75 Å². The van der Waals surface area contributed by atoms with Crippen molar-refractivity contribution in [2.24, 2.45) is 0 Å². The molecule has 0 radical (unpaired) electrons. The molecule has 0 N–H and O–H groups in total. The molecule has 0 aliphatic rings. The number of rotatable bonds is 4. The van der Waals surface area contributed by atoms with E-state index < -0.39 is 0 Å². The Morgan fingerprint density at radius 3 is 2.50 bits per heavy atom. The SMILES string of the molecule is Cc1cccc2c1cc(COc1ccc(Cl)cc1)n2C(C)C. The summed E-state index contributed by atoms with van der Waals surface area (Å²) in [5, 5.41) is 2.02. The minimum Gasteiger partial charge on any atom is -0.487 e. The van der Waals surface area contributed by atoms with Gasteiger partial charge in [0.25, 0.3) is 0 Å². The number of hydrogen-bond donors (Lipinski definition) is 0. The minimum absolute atomic E-state index is 0.392. The lowest BCUT2D eigenvalue weighted by Crippen LogP contribution is -2.08. The van der Waals surface area contributed by atoms with Crippen LogP contribution in [-0.4, -0.2) is 4.57 Å². The van der Waals surface area contributed by atoms with E-state index in [4.69, 9.17) is 16.3 Å². The molecule has 0 aliphatic carbocycles. The second-order valence-corrected chi connectivity index (χ2v) is 6.29. The van der Waals surface area contributed by atoms with Gasteiger partial charge in [0.05, 0.1) is 5.69 Å². The fraction of sp³-hybridized carbons (Fsp3) is 0.263. The first-order valence-electron chi connectivity index (χ1n) is 7.54. The monoisotopic (exact) mass is 313 g/mol. The molecule has 0 bridgehead atoms. The van der Waals surface area contributed by atoms with Crippen molar-refractivity contribution < 1.29 is 4.74 Å². The molecule has 2 aromatic carbocycles. The third-order valence-corrected chi connectivity index (χ3v) is 4.15. The summed E-state index contributed by atoms with van der Waals surface area (Å²) in [7, 11) is 0. The summed E-state index contributed by atoms with van der Waals surface area (Å²) in [5.74, 6) is 0.835. The van der Waals surface area contributed by atoms with Gasteiger partial charge in [0.15, 0.2) is 0 Å². The molecule has 1 heterocycles.